The van der Waals surface area contributed by atoms with E-state index in [1.54, 1.807) is 24.4 Å². The van der Waals surface area contributed by atoms with Crippen molar-refractivity contribution in [3.63, 3.8) is 0 Å². The molecule has 16 heavy (non-hydrogen) atoms. The fourth-order valence-electron chi connectivity index (χ4n) is 1.23. The van der Waals surface area contributed by atoms with Gasteiger partial charge in [0, 0.05) is 11.6 Å². The van der Waals surface area contributed by atoms with Crippen LogP contribution in [0.3, 0.4) is 0 Å². The number of pyridine rings is 1. The Bertz CT molecular complexity index is 452. The van der Waals surface area contributed by atoms with E-state index >= 15 is 0 Å². The molecule has 0 aliphatic carbocycles. The van der Waals surface area contributed by atoms with Crippen LogP contribution in [0.2, 0.25) is 0 Å². The van der Waals surface area contributed by atoms with E-state index in [1.165, 1.54) is 0 Å². The summed E-state index contributed by atoms with van der Waals surface area (Å²) in [5, 5.41) is 0.849. The first-order valence-corrected chi connectivity index (χ1v) is 5.03. The zero-order chi connectivity index (χ0) is 9.97. The maximum absolute atomic E-state index is 10.4. The van der Waals surface area contributed by atoms with Crippen LogP contribution in [0.5, 0.6) is 5.75 Å². The van der Waals surface area contributed by atoms with Gasteiger partial charge in [0.2, 0.25) is 0 Å². The van der Waals surface area contributed by atoms with Crippen molar-refractivity contribution in [2.45, 2.75) is 0 Å². The first kappa shape index (κ1) is 16.9. The summed E-state index contributed by atoms with van der Waals surface area (Å²) in [6.45, 7) is 0. The number of hydrogen-bond donors (Lipinski definition) is 0. The van der Waals surface area contributed by atoms with Gasteiger partial charge >= 0.3 is 68.5 Å². The average molecular weight is 310 g/mol. The maximum Gasteiger partial charge on any atom is 1.00 e. The molecule has 1 aromatic heterocycles. The van der Waals surface area contributed by atoms with Gasteiger partial charge in [-0.05, 0) is 12.1 Å². The van der Waals surface area contributed by atoms with Gasteiger partial charge in [0.25, 0.3) is 0 Å². The molecule has 2 aromatic rings. The molecular formula is C9H6CuKNO3P. The standard InChI is InChI=1S/C9H6NO3P.Cu.K/c11-14(12)13-8-5-1-3-7-4-2-6-10-9(7)8;;/h1-6H;;/q-2;2*+1. The summed E-state index contributed by atoms with van der Waals surface area (Å²) in [6.07, 6.45) is 1.59. The molecule has 7 heteroatoms. The molecule has 0 saturated heterocycles. The molecule has 2 rings (SSSR count). The third-order valence-electron chi connectivity index (χ3n) is 1.77. The molecule has 82 valence electrons. The Morgan fingerprint density at radius 1 is 1.12 bits per heavy atom. The Hall–Kier alpha value is 0.936. The fraction of sp³-hybridized carbons (Fsp3) is 0. The number of hydrogen-bond acceptors (Lipinski definition) is 4. The van der Waals surface area contributed by atoms with Crippen LogP contribution in [0, 0.1) is 0 Å². The number of nitrogens with zero attached hydrogens (tertiary/aromatic N) is 1. The van der Waals surface area contributed by atoms with Crippen molar-refractivity contribution in [3.8, 4) is 5.75 Å². The van der Waals surface area contributed by atoms with Gasteiger partial charge in [0.05, 0.1) is 0 Å². The second kappa shape index (κ2) is 8.11. The largest absolute Gasteiger partial charge is 1.00 e. The Morgan fingerprint density at radius 2 is 1.81 bits per heavy atom. The SMILES string of the molecule is [Cu+].[K+].[O-]P([O-])Oc1cccc2cccnc12. The van der Waals surface area contributed by atoms with Crippen LogP contribution >= 0.6 is 8.60 Å². The Morgan fingerprint density at radius 3 is 2.50 bits per heavy atom. The molecule has 0 spiro atoms. The van der Waals surface area contributed by atoms with E-state index < -0.39 is 8.60 Å². The van der Waals surface area contributed by atoms with E-state index in [0.29, 0.717) is 5.52 Å². The zero-order valence-corrected chi connectivity index (χ0v) is 13.3. The Labute approximate surface area is 147 Å². The van der Waals surface area contributed by atoms with Crippen LogP contribution in [0.1, 0.15) is 0 Å². The van der Waals surface area contributed by atoms with Crippen molar-refractivity contribution in [2.24, 2.45) is 0 Å². The Balaban J connectivity index is 0.00000112. The number of fused-ring (bicyclic) bond motifs is 1. The molecular weight excluding hydrogens is 304 g/mol. The summed E-state index contributed by atoms with van der Waals surface area (Å²) >= 11 is 0. The topological polar surface area (TPSA) is 68.2 Å². The predicted octanol–water partition coefficient (Wildman–Crippen LogP) is -2.44. The average Bonchev–Trinajstić information content (AvgIpc) is 2.18. The monoisotopic (exact) mass is 309 g/mol. The zero-order valence-electron chi connectivity index (χ0n) is 8.38. The van der Waals surface area contributed by atoms with Crippen LogP contribution in [0.15, 0.2) is 36.5 Å². The molecule has 0 aliphatic heterocycles. The molecule has 0 aliphatic rings. The van der Waals surface area contributed by atoms with E-state index in [0.717, 1.165) is 5.39 Å². The fourth-order valence-corrected chi connectivity index (χ4v) is 1.54. The van der Waals surface area contributed by atoms with Gasteiger partial charge in [-0.15, -0.1) is 0 Å². The molecule has 0 atom stereocenters. The minimum Gasteiger partial charge on any atom is -0.810 e. The number of benzene rings is 1. The molecule has 1 aromatic carbocycles. The van der Waals surface area contributed by atoms with E-state index in [9.17, 15) is 9.79 Å². The molecule has 0 unspecified atom stereocenters. The predicted molar refractivity (Wildman–Crippen MR) is 49.3 cm³/mol. The van der Waals surface area contributed by atoms with Crippen molar-refractivity contribution in [1.82, 2.24) is 4.98 Å². The summed E-state index contributed by atoms with van der Waals surface area (Å²) in [4.78, 5) is 24.8. The van der Waals surface area contributed by atoms with Gasteiger partial charge in [-0.25, -0.2) is 0 Å². The minimum atomic E-state index is -2.89. The molecule has 0 bridgehead atoms. The molecule has 1 heterocycles. The van der Waals surface area contributed by atoms with Crippen molar-refractivity contribution in [1.29, 1.82) is 0 Å². The molecule has 0 saturated carbocycles. The van der Waals surface area contributed by atoms with E-state index in [2.05, 4.69) is 9.51 Å². The van der Waals surface area contributed by atoms with Crippen LogP contribution in [0.25, 0.3) is 10.9 Å². The molecule has 0 fully saturated rings. The number of para-hydroxylation sites is 1. The summed E-state index contributed by atoms with van der Waals surface area (Å²) in [5.74, 6) is 0.263. The normalized spacial score (nSPS) is 9.44. The summed E-state index contributed by atoms with van der Waals surface area (Å²) < 4.78 is 4.62. The van der Waals surface area contributed by atoms with E-state index in [1.807, 2.05) is 12.1 Å². The van der Waals surface area contributed by atoms with Crippen molar-refractivity contribution >= 4 is 19.5 Å². The second-order valence-corrected chi connectivity index (χ2v) is 3.28. The van der Waals surface area contributed by atoms with Crippen LogP contribution < -0.4 is 65.7 Å². The van der Waals surface area contributed by atoms with Crippen LogP contribution in [-0.2, 0) is 17.1 Å². The third-order valence-corrected chi connectivity index (χ3v) is 2.11. The molecule has 0 radical (unpaired) electrons. The van der Waals surface area contributed by atoms with E-state index in [-0.39, 0.29) is 74.2 Å². The quantitative estimate of drug-likeness (QED) is 0.457. The van der Waals surface area contributed by atoms with Crippen molar-refractivity contribution < 1.29 is 82.8 Å². The van der Waals surface area contributed by atoms with Crippen LogP contribution in [-0.4, -0.2) is 4.98 Å². The molecule has 4 nitrogen and oxygen atoms in total. The van der Waals surface area contributed by atoms with Gasteiger partial charge in [0.15, 0.2) is 0 Å². The molecule has 0 N–H and O–H groups in total. The smallest absolute Gasteiger partial charge is 0.810 e. The van der Waals surface area contributed by atoms with Gasteiger partial charge in [-0.1, -0.05) is 26.8 Å². The van der Waals surface area contributed by atoms with Crippen LogP contribution in [0.4, 0.5) is 0 Å². The number of rotatable bonds is 2. The second-order valence-electron chi connectivity index (χ2n) is 2.65. The minimum absolute atomic E-state index is 0. The Kier molecular flexibility index (Phi) is 8.59. The first-order chi connectivity index (χ1) is 6.77. The van der Waals surface area contributed by atoms with Crippen molar-refractivity contribution in [3.05, 3.63) is 36.5 Å². The summed E-state index contributed by atoms with van der Waals surface area (Å²) in [5.41, 5.74) is 0.550. The summed E-state index contributed by atoms with van der Waals surface area (Å²) in [7, 11) is -2.89. The third kappa shape index (κ3) is 4.31. The van der Waals surface area contributed by atoms with Gasteiger partial charge in [-0.2, -0.15) is 0 Å². The van der Waals surface area contributed by atoms with Crippen molar-refractivity contribution in [2.75, 3.05) is 0 Å². The van der Waals surface area contributed by atoms with Gasteiger partial charge < -0.3 is 14.3 Å². The van der Waals surface area contributed by atoms with Gasteiger partial charge in [0.1, 0.15) is 11.3 Å². The maximum atomic E-state index is 10.4. The van der Waals surface area contributed by atoms with E-state index in [4.69, 9.17) is 0 Å². The summed E-state index contributed by atoms with van der Waals surface area (Å²) in [6, 6.07) is 8.75. The first-order valence-electron chi connectivity index (χ1n) is 3.93. The van der Waals surface area contributed by atoms with Gasteiger partial charge in [-0.3, -0.25) is 4.98 Å². The molecule has 0 amide bonds. The number of aromatic nitrogens is 1.